The first kappa shape index (κ1) is 20.1. The van der Waals surface area contributed by atoms with Gasteiger partial charge in [0.25, 0.3) is 0 Å². The lowest BCUT2D eigenvalue weighted by Crippen LogP contribution is -2.75. The minimum atomic E-state index is 0.220. The van der Waals surface area contributed by atoms with Crippen molar-refractivity contribution in [2.75, 3.05) is 7.11 Å². The summed E-state index contributed by atoms with van der Waals surface area (Å²) in [6.07, 6.45) is 12.3. The molecule has 0 aromatic carbocycles. The predicted octanol–water partition coefficient (Wildman–Crippen LogP) is 5.21. The van der Waals surface area contributed by atoms with E-state index in [1.165, 1.54) is 30.4 Å². The highest BCUT2D eigenvalue weighted by molar-refractivity contribution is 8.02. The first-order chi connectivity index (χ1) is 13.2. The highest BCUT2D eigenvalue weighted by atomic mass is 32.2. The van der Waals surface area contributed by atoms with Gasteiger partial charge in [0, 0.05) is 11.1 Å². The van der Waals surface area contributed by atoms with E-state index in [9.17, 15) is 5.26 Å². The van der Waals surface area contributed by atoms with Crippen LogP contribution in [-0.4, -0.2) is 12.1 Å². The van der Waals surface area contributed by atoms with Gasteiger partial charge < -0.3 is 0 Å². The third-order valence-electron chi connectivity index (χ3n) is 4.82. The zero-order valence-electron chi connectivity index (χ0n) is 16.1. The van der Waals surface area contributed by atoms with Gasteiger partial charge in [0.2, 0.25) is 5.00 Å². The van der Waals surface area contributed by atoms with Gasteiger partial charge in [0.05, 0.1) is 12.4 Å². The van der Waals surface area contributed by atoms with Gasteiger partial charge in [-0.1, -0.05) is 55.8 Å². The molecule has 0 fully saturated rings. The molecule has 0 saturated carbocycles. The van der Waals surface area contributed by atoms with Gasteiger partial charge >= 0.3 is 0 Å². The Morgan fingerprint density at radius 1 is 1.30 bits per heavy atom. The molecule has 1 unspecified atom stereocenters. The number of nitrogens with zero attached hydrogens (tertiary/aromatic N) is 2. The predicted molar refractivity (Wildman–Crippen MR) is 114 cm³/mol. The second kappa shape index (κ2) is 9.52. The average Bonchev–Trinajstić information content (AvgIpc) is 3.02. The molecule has 0 saturated heterocycles. The normalized spacial score (nSPS) is 16.1. The largest absolute Gasteiger partial charge is 0.242 e. The van der Waals surface area contributed by atoms with Gasteiger partial charge in [0.15, 0.2) is 0 Å². The maximum Gasteiger partial charge on any atom is 0.238 e. The van der Waals surface area contributed by atoms with Crippen LogP contribution in [0.15, 0.2) is 23.6 Å². The van der Waals surface area contributed by atoms with Crippen LogP contribution in [0, 0.1) is 18.3 Å². The van der Waals surface area contributed by atoms with Gasteiger partial charge in [-0.25, -0.2) is 9.82 Å². The topological polar surface area (TPSA) is 62.5 Å². The summed E-state index contributed by atoms with van der Waals surface area (Å²) in [5.74, 6) is 0. The number of pyridine rings is 1. The van der Waals surface area contributed by atoms with Crippen molar-refractivity contribution < 1.29 is 10.3 Å². The Morgan fingerprint density at radius 3 is 2.81 bits per heavy atom. The fraction of sp³-hybridized carbons (Fsp3) is 0.429. The number of thiophene rings is 1. The van der Waals surface area contributed by atoms with E-state index in [0.29, 0.717) is 5.56 Å². The van der Waals surface area contributed by atoms with Crippen LogP contribution in [0.4, 0.5) is 5.00 Å². The summed E-state index contributed by atoms with van der Waals surface area (Å²) in [7, 11) is 1.62. The molecule has 1 aliphatic rings. The summed E-state index contributed by atoms with van der Waals surface area (Å²) in [6, 6.07) is 2.41. The van der Waals surface area contributed by atoms with Gasteiger partial charge in [-0.15, -0.1) is 11.8 Å². The lowest BCUT2D eigenvalue weighted by molar-refractivity contribution is -0.827. The second-order valence-electron chi connectivity index (χ2n) is 6.66. The van der Waals surface area contributed by atoms with Gasteiger partial charge in [-0.3, -0.25) is 0 Å². The molecule has 0 aliphatic carbocycles. The number of rotatable bonds is 8. The number of aromatic nitrogens is 1. The third-order valence-corrected chi connectivity index (χ3v) is 6.83. The molecule has 2 aromatic rings. The van der Waals surface area contributed by atoms with Crippen LogP contribution >= 0.6 is 23.1 Å². The van der Waals surface area contributed by atoms with Crippen LogP contribution in [0.5, 0.6) is 0 Å². The fourth-order valence-electron chi connectivity index (χ4n) is 3.54. The highest BCUT2D eigenvalue weighted by Gasteiger charge is 2.27. The van der Waals surface area contributed by atoms with Crippen molar-refractivity contribution in [2.24, 2.45) is 0 Å². The van der Waals surface area contributed by atoms with Crippen LogP contribution in [0.3, 0.4) is 0 Å². The Hall–Kier alpha value is -1.65. The molecule has 27 heavy (non-hydrogen) atoms. The Balaban J connectivity index is 2.17. The molecule has 0 radical (unpaired) electrons. The van der Waals surface area contributed by atoms with E-state index < -0.39 is 0 Å². The Bertz CT molecular complexity index is 909. The number of thioether (sulfide) groups is 1. The zero-order valence-corrected chi connectivity index (χ0v) is 17.8. The molecule has 1 aliphatic heterocycles. The van der Waals surface area contributed by atoms with Crippen molar-refractivity contribution in [1.29, 1.82) is 5.26 Å². The van der Waals surface area contributed by atoms with Crippen LogP contribution in [0.2, 0.25) is 0 Å². The molecule has 0 amide bonds. The minimum absolute atomic E-state index is 0.220. The molecule has 4 nitrogen and oxygen atoms in total. The Morgan fingerprint density at radius 2 is 2.15 bits per heavy atom. The van der Waals surface area contributed by atoms with Crippen molar-refractivity contribution in [1.82, 2.24) is 4.98 Å². The molecule has 0 bridgehead atoms. The maximum absolute atomic E-state index is 9.88. The number of hydrogen-bond acceptors (Lipinski definition) is 5. The van der Waals surface area contributed by atoms with Crippen LogP contribution < -0.4 is 5.48 Å². The van der Waals surface area contributed by atoms with Crippen molar-refractivity contribution in [3.63, 3.8) is 0 Å². The molecule has 2 N–H and O–H groups in total. The summed E-state index contributed by atoms with van der Waals surface area (Å²) < 4.78 is 0. The summed E-state index contributed by atoms with van der Waals surface area (Å²) in [5, 5.41) is 14.1. The number of hydrogen-bond donors (Lipinski definition) is 1. The van der Waals surface area contributed by atoms with E-state index in [-0.39, 0.29) is 5.25 Å². The standard InChI is InChI=1S/C21H25N3OS2/c1-4-5-6-7-10-15-14(2)23-21-19(16(13-22)20(27-21)24-25-3)18(15)17-11-8-9-12-26-17/h8-9,11-12,17,24H,4-7,10H2,1-3H3/p+1. The quantitative estimate of drug-likeness (QED) is 0.488. The number of nitriles is 1. The number of unbranched alkanes of at least 4 members (excludes halogenated alkanes) is 3. The maximum atomic E-state index is 9.88. The molecule has 3 heterocycles. The number of fused-ring (bicyclic) bond motifs is 1. The number of allylic oxidation sites excluding steroid dienone is 2. The second-order valence-corrected chi connectivity index (χ2v) is 8.74. The molecular formula is C21H26N3OS2+. The molecule has 2 aromatic heterocycles. The molecule has 1 atom stereocenters. The minimum Gasteiger partial charge on any atom is -0.242 e. The smallest absolute Gasteiger partial charge is 0.238 e. The molecule has 3 rings (SSSR count). The van der Waals surface area contributed by atoms with E-state index in [1.807, 2.05) is 0 Å². The van der Waals surface area contributed by atoms with E-state index in [2.05, 4.69) is 43.6 Å². The Kier molecular flexibility index (Phi) is 7.08. The summed E-state index contributed by atoms with van der Waals surface area (Å²) in [4.78, 5) is 11.0. The van der Waals surface area contributed by atoms with Crippen molar-refractivity contribution in [3.8, 4) is 6.07 Å². The lowest BCUT2D eigenvalue weighted by atomic mass is 9.93. The molecular weight excluding hydrogens is 374 g/mol. The number of aryl methyl sites for hydroxylation is 1. The van der Waals surface area contributed by atoms with E-state index >= 15 is 0 Å². The van der Waals surface area contributed by atoms with Crippen molar-refractivity contribution >= 4 is 38.3 Å². The van der Waals surface area contributed by atoms with Crippen LogP contribution in [0.1, 0.15) is 60.2 Å². The van der Waals surface area contributed by atoms with Gasteiger partial charge in [-0.05, 0) is 36.3 Å². The van der Waals surface area contributed by atoms with E-state index in [4.69, 9.17) is 9.82 Å². The lowest BCUT2D eigenvalue weighted by Gasteiger charge is -2.20. The molecule has 0 spiro atoms. The Labute approximate surface area is 169 Å². The third kappa shape index (κ3) is 4.27. The highest BCUT2D eigenvalue weighted by Crippen LogP contribution is 2.44. The SMILES string of the molecule is CCCCCCc1c(C)nc2sc([NH2+]OC)c(C#N)c2c1C1C=CC=CS1. The number of quaternary nitrogens is 1. The van der Waals surface area contributed by atoms with Crippen LogP contribution in [-0.2, 0) is 11.3 Å². The monoisotopic (exact) mass is 400 g/mol. The van der Waals surface area contributed by atoms with E-state index in [1.54, 1.807) is 35.7 Å². The van der Waals surface area contributed by atoms with Crippen LogP contribution in [0.25, 0.3) is 10.2 Å². The average molecular weight is 401 g/mol. The zero-order chi connectivity index (χ0) is 19.2. The summed E-state index contributed by atoms with van der Waals surface area (Å²) in [6.45, 7) is 4.34. The number of nitrogens with two attached hydrogens (primary N) is 1. The summed E-state index contributed by atoms with van der Waals surface area (Å²) in [5.41, 5.74) is 6.02. The van der Waals surface area contributed by atoms with E-state index in [0.717, 1.165) is 33.8 Å². The first-order valence-corrected chi connectivity index (χ1v) is 11.2. The van der Waals surface area contributed by atoms with Gasteiger partial charge in [-0.2, -0.15) is 10.7 Å². The van der Waals surface area contributed by atoms with Gasteiger partial charge in [0.1, 0.15) is 16.5 Å². The first-order valence-electron chi connectivity index (χ1n) is 9.42. The molecule has 142 valence electrons. The summed E-state index contributed by atoms with van der Waals surface area (Å²) >= 11 is 3.34. The fourth-order valence-corrected chi connectivity index (χ4v) is 5.57. The van der Waals surface area contributed by atoms with Crippen molar-refractivity contribution in [2.45, 2.75) is 51.2 Å². The van der Waals surface area contributed by atoms with Crippen molar-refractivity contribution in [3.05, 3.63) is 46.0 Å². The molecule has 6 heteroatoms.